The van der Waals surface area contributed by atoms with Gasteiger partial charge in [0.05, 0.1) is 16.1 Å². The first-order valence-electron chi connectivity index (χ1n) is 6.38. The van der Waals surface area contributed by atoms with E-state index >= 15 is 0 Å². The predicted octanol–water partition coefficient (Wildman–Crippen LogP) is 0.0498. The van der Waals surface area contributed by atoms with E-state index in [9.17, 15) is 18.0 Å². The molecule has 1 atom stereocenters. The zero-order valence-corrected chi connectivity index (χ0v) is 12.8. The minimum absolute atomic E-state index is 0.0269. The normalized spacial score (nSPS) is 16.0. The van der Waals surface area contributed by atoms with Crippen LogP contribution in [0.2, 0.25) is 0 Å². The SMILES string of the molecule is CC(CNS(=O)(=O)c1ccc2c(c1)C(=O)C(=O)N2)N(C)C. The maximum atomic E-state index is 12.2. The lowest BCUT2D eigenvalue weighted by Gasteiger charge is -2.20. The van der Waals surface area contributed by atoms with Gasteiger partial charge in [-0.15, -0.1) is 0 Å². The average Bonchev–Trinajstić information content (AvgIpc) is 2.71. The Morgan fingerprint density at radius 1 is 1.29 bits per heavy atom. The van der Waals surface area contributed by atoms with Gasteiger partial charge in [0.1, 0.15) is 0 Å². The molecule has 1 amide bonds. The number of benzene rings is 1. The number of rotatable bonds is 5. The van der Waals surface area contributed by atoms with E-state index in [2.05, 4.69) is 10.0 Å². The van der Waals surface area contributed by atoms with E-state index in [0.717, 1.165) is 0 Å². The van der Waals surface area contributed by atoms with Crippen LogP contribution in [0.15, 0.2) is 23.1 Å². The molecule has 1 aliphatic rings. The van der Waals surface area contributed by atoms with E-state index < -0.39 is 21.7 Å². The van der Waals surface area contributed by atoms with Crippen molar-refractivity contribution in [3.8, 4) is 0 Å². The van der Waals surface area contributed by atoms with Gasteiger partial charge in [-0.3, -0.25) is 9.59 Å². The van der Waals surface area contributed by atoms with E-state index in [-0.39, 0.29) is 23.0 Å². The highest BCUT2D eigenvalue weighted by molar-refractivity contribution is 7.89. The van der Waals surface area contributed by atoms with Gasteiger partial charge in [-0.2, -0.15) is 0 Å². The number of sulfonamides is 1. The molecule has 21 heavy (non-hydrogen) atoms. The number of Topliss-reactive ketones (excluding diaryl/α,β-unsaturated/α-hetero) is 1. The Kier molecular flexibility index (Phi) is 4.13. The summed E-state index contributed by atoms with van der Waals surface area (Å²) in [6.45, 7) is 2.13. The topological polar surface area (TPSA) is 95.6 Å². The fraction of sp³-hybridized carbons (Fsp3) is 0.385. The number of nitrogens with one attached hydrogen (secondary N) is 2. The van der Waals surface area contributed by atoms with Crippen LogP contribution in [0.25, 0.3) is 0 Å². The molecular formula is C13H17N3O4S. The standard InChI is InChI=1S/C13H17N3O4S/c1-8(16(2)3)7-14-21(19,20)9-4-5-11-10(6-9)12(17)13(18)15-11/h4-6,8,14H,7H2,1-3H3,(H,15,17,18). The van der Waals surface area contributed by atoms with Crippen molar-refractivity contribution in [1.29, 1.82) is 0 Å². The molecule has 8 heteroatoms. The van der Waals surface area contributed by atoms with Crippen LogP contribution >= 0.6 is 0 Å². The molecule has 0 saturated carbocycles. The van der Waals surface area contributed by atoms with E-state index in [1.54, 1.807) is 0 Å². The fourth-order valence-electron chi connectivity index (χ4n) is 1.78. The van der Waals surface area contributed by atoms with Crippen LogP contribution < -0.4 is 10.0 Å². The fourth-order valence-corrected chi connectivity index (χ4v) is 2.93. The Hall–Kier alpha value is -1.77. The molecule has 1 aliphatic heterocycles. The van der Waals surface area contributed by atoms with Crippen LogP contribution in [-0.2, 0) is 14.8 Å². The van der Waals surface area contributed by atoms with Crippen LogP contribution in [0.1, 0.15) is 17.3 Å². The molecule has 0 bridgehead atoms. The second-order valence-electron chi connectivity index (χ2n) is 5.16. The van der Waals surface area contributed by atoms with Crippen molar-refractivity contribution in [1.82, 2.24) is 9.62 Å². The minimum Gasteiger partial charge on any atom is -0.318 e. The highest BCUT2D eigenvalue weighted by atomic mass is 32.2. The van der Waals surface area contributed by atoms with Gasteiger partial charge < -0.3 is 10.2 Å². The maximum Gasteiger partial charge on any atom is 0.296 e. The number of hydrogen-bond acceptors (Lipinski definition) is 5. The zero-order chi connectivity index (χ0) is 15.8. The summed E-state index contributed by atoms with van der Waals surface area (Å²) in [4.78, 5) is 24.7. The second kappa shape index (κ2) is 5.55. The van der Waals surface area contributed by atoms with E-state index in [0.29, 0.717) is 5.69 Å². The number of likely N-dealkylation sites (N-methyl/N-ethyl adjacent to an activating group) is 1. The van der Waals surface area contributed by atoms with Crippen molar-refractivity contribution in [3.63, 3.8) is 0 Å². The summed E-state index contributed by atoms with van der Waals surface area (Å²) in [7, 11) is -0.0163. The molecule has 0 aromatic heterocycles. The molecule has 0 spiro atoms. The summed E-state index contributed by atoms with van der Waals surface area (Å²) >= 11 is 0. The van der Waals surface area contributed by atoms with E-state index in [1.807, 2.05) is 25.9 Å². The molecule has 1 aromatic carbocycles. The van der Waals surface area contributed by atoms with Crippen molar-refractivity contribution in [3.05, 3.63) is 23.8 Å². The van der Waals surface area contributed by atoms with Crippen LogP contribution in [0, 0.1) is 0 Å². The molecule has 1 unspecified atom stereocenters. The van der Waals surface area contributed by atoms with E-state index in [1.165, 1.54) is 18.2 Å². The summed E-state index contributed by atoms with van der Waals surface area (Å²) < 4.78 is 26.9. The predicted molar refractivity (Wildman–Crippen MR) is 77.7 cm³/mol. The molecule has 0 radical (unpaired) electrons. The van der Waals surface area contributed by atoms with Gasteiger partial charge in [0.15, 0.2) is 0 Å². The molecule has 7 nitrogen and oxygen atoms in total. The highest BCUT2D eigenvalue weighted by Gasteiger charge is 2.29. The summed E-state index contributed by atoms with van der Waals surface area (Å²) in [6, 6.07) is 4.03. The number of fused-ring (bicyclic) bond motifs is 1. The third-order valence-electron chi connectivity index (χ3n) is 3.45. The van der Waals surface area contributed by atoms with Crippen LogP contribution in [0.4, 0.5) is 5.69 Å². The lowest BCUT2D eigenvalue weighted by molar-refractivity contribution is -0.112. The molecule has 114 valence electrons. The summed E-state index contributed by atoms with van der Waals surface area (Å²) in [5, 5.41) is 2.38. The van der Waals surface area contributed by atoms with Gasteiger partial charge in [0, 0.05) is 12.6 Å². The third-order valence-corrected chi connectivity index (χ3v) is 4.87. The Bertz CT molecular complexity index is 697. The molecule has 0 saturated heterocycles. The van der Waals surface area contributed by atoms with Crippen molar-refractivity contribution in [2.24, 2.45) is 0 Å². The monoisotopic (exact) mass is 311 g/mol. The first-order chi connectivity index (χ1) is 9.72. The van der Waals surface area contributed by atoms with Crippen molar-refractivity contribution < 1.29 is 18.0 Å². The smallest absolute Gasteiger partial charge is 0.296 e. The number of ketones is 1. The Labute approximate surface area is 123 Å². The number of hydrogen-bond donors (Lipinski definition) is 2. The number of nitrogens with zero attached hydrogens (tertiary/aromatic N) is 1. The Balaban J connectivity index is 2.23. The maximum absolute atomic E-state index is 12.2. The van der Waals surface area contributed by atoms with Crippen LogP contribution in [0.5, 0.6) is 0 Å². The number of carbonyl (C=O) groups excluding carboxylic acids is 2. The van der Waals surface area contributed by atoms with Crippen LogP contribution in [0.3, 0.4) is 0 Å². The average molecular weight is 311 g/mol. The number of amides is 1. The lowest BCUT2D eigenvalue weighted by atomic mass is 10.1. The highest BCUT2D eigenvalue weighted by Crippen LogP contribution is 2.25. The summed E-state index contributed by atoms with van der Waals surface area (Å²) in [6.07, 6.45) is 0. The molecule has 1 heterocycles. The molecule has 1 aromatic rings. The van der Waals surface area contributed by atoms with Gasteiger partial charge in [0.25, 0.3) is 11.7 Å². The van der Waals surface area contributed by atoms with Gasteiger partial charge >= 0.3 is 0 Å². The van der Waals surface area contributed by atoms with Gasteiger partial charge in [-0.05, 0) is 39.2 Å². The Morgan fingerprint density at radius 2 is 1.95 bits per heavy atom. The van der Waals surface area contributed by atoms with Gasteiger partial charge in [-0.1, -0.05) is 0 Å². The van der Waals surface area contributed by atoms with Crippen molar-refractivity contribution in [2.75, 3.05) is 26.0 Å². The lowest BCUT2D eigenvalue weighted by Crippen LogP contribution is -2.38. The number of carbonyl (C=O) groups is 2. The van der Waals surface area contributed by atoms with E-state index in [4.69, 9.17) is 0 Å². The quantitative estimate of drug-likeness (QED) is 0.749. The first-order valence-corrected chi connectivity index (χ1v) is 7.86. The van der Waals surface area contributed by atoms with Crippen LogP contribution in [-0.4, -0.2) is 51.7 Å². The number of anilines is 1. The summed E-state index contributed by atoms with van der Waals surface area (Å²) in [5.41, 5.74) is 0.425. The third kappa shape index (κ3) is 3.12. The second-order valence-corrected chi connectivity index (χ2v) is 6.92. The van der Waals surface area contributed by atoms with Gasteiger partial charge in [-0.25, -0.2) is 13.1 Å². The molecule has 0 fully saturated rings. The molecule has 2 N–H and O–H groups in total. The summed E-state index contributed by atoms with van der Waals surface area (Å²) in [5.74, 6) is -1.46. The minimum atomic E-state index is -3.72. The van der Waals surface area contributed by atoms with Gasteiger partial charge in [0.2, 0.25) is 10.0 Å². The zero-order valence-electron chi connectivity index (χ0n) is 12.0. The largest absolute Gasteiger partial charge is 0.318 e. The molecule has 0 aliphatic carbocycles. The van der Waals surface area contributed by atoms with Crippen molar-refractivity contribution in [2.45, 2.75) is 17.9 Å². The Morgan fingerprint density at radius 3 is 2.57 bits per heavy atom. The van der Waals surface area contributed by atoms with Crippen molar-refractivity contribution >= 4 is 27.4 Å². The first kappa shape index (κ1) is 15.6. The molecular weight excluding hydrogens is 294 g/mol. The molecule has 2 rings (SSSR count).